The third kappa shape index (κ3) is 6.15. The molecule has 0 N–H and O–H groups in total. The van der Waals surface area contributed by atoms with Crippen molar-refractivity contribution in [1.29, 1.82) is 0 Å². The van der Waals surface area contributed by atoms with Crippen LogP contribution in [0.4, 0.5) is 0 Å². The highest BCUT2D eigenvalue weighted by Gasteiger charge is 2.01. The van der Waals surface area contributed by atoms with Gasteiger partial charge in [-0.15, -0.1) is 0 Å². The summed E-state index contributed by atoms with van der Waals surface area (Å²) in [6, 6.07) is 0. The number of rotatable bonds is 4. The molecule has 0 bridgehead atoms. The van der Waals surface area contributed by atoms with Crippen LogP contribution in [0.15, 0.2) is 11.6 Å². The van der Waals surface area contributed by atoms with Gasteiger partial charge < -0.3 is 0 Å². The molecule has 0 heteroatoms. The summed E-state index contributed by atoms with van der Waals surface area (Å²) in [6.07, 6.45) is 4.92. The molecule has 0 unspecified atom stereocenters. The summed E-state index contributed by atoms with van der Waals surface area (Å²) >= 11 is 0. The molecule has 0 aliphatic carbocycles. The van der Waals surface area contributed by atoms with Crippen molar-refractivity contribution in [3.8, 4) is 0 Å². The van der Waals surface area contributed by atoms with E-state index in [-0.39, 0.29) is 0 Å². The third-order valence-corrected chi connectivity index (χ3v) is 1.97. The van der Waals surface area contributed by atoms with Crippen molar-refractivity contribution in [2.24, 2.45) is 11.8 Å². The Morgan fingerprint density at radius 3 is 2.18 bits per heavy atom. The second-order valence-electron chi connectivity index (χ2n) is 3.97. The van der Waals surface area contributed by atoms with Crippen LogP contribution in [0, 0.1) is 11.8 Å². The summed E-state index contributed by atoms with van der Waals surface area (Å²) in [6.45, 7) is 11.3. The average Bonchev–Trinajstić information content (AvgIpc) is 1.85. The van der Waals surface area contributed by atoms with E-state index in [1.807, 2.05) is 0 Å². The molecule has 0 nitrogen and oxygen atoms in total. The zero-order valence-corrected chi connectivity index (χ0v) is 8.65. The topological polar surface area (TPSA) is 0 Å². The summed E-state index contributed by atoms with van der Waals surface area (Å²) in [5.74, 6) is 1.58. The van der Waals surface area contributed by atoms with Gasteiger partial charge in [-0.2, -0.15) is 0 Å². The van der Waals surface area contributed by atoms with Crippen molar-refractivity contribution in [2.75, 3.05) is 0 Å². The first-order valence-electron chi connectivity index (χ1n) is 4.73. The molecule has 0 heterocycles. The standard InChI is InChI=1S/C11H22/c1-6-10(4)8-11(5)7-9(2)3/h8-9,11H,6-7H2,1-5H3/b10-8+/t11-/m0/s1. The lowest BCUT2D eigenvalue weighted by molar-refractivity contribution is 0.501. The molecule has 66 valence electrons. The summed E-state index contributed by atoms with van der Waals surface area (Å²) in [4.78, 5) is 0. The van der Waals surface area contributed by atoms with Crippen LogP contribution < -0.4 is 0 Å². The molecule has 0 saturated heterocycles. The Bertz CT molecular complexity index is 120. The van der Waals surface area contributed by atoms with Crippen molar-refractivity contribution in [3.05, 3.63) is 11.6 Å². The lowest BCUT2D eigenvalue weighted by atomic mass is 9.96. The molecule has 0 radical (unpaired) electrons. The fraction of sp³-hybridized carbons (Fsp3) is 0.818. The molecule has 0 amide bonds. The Balaban J connectivity index is 3.75. The second kappa shape index (κ2) is 5.40. The first-order chi connectivity index (χ1) is 5.06. The molecule has 0 spiro atoms. The van der Waals surface area contributed by atoms with Crippen molar-refractivity contribution < 1.29 is 0 Å². The monoisotopic (exact) mass is 154 g/mol. The van der Waals surface area contributed by atoms with Gasteiger partial charge in [-0.05, 0) is 31.6 Å². The molecule has 0 fully saturated rings. The van der Waals surface area contributed by atoms with Crippen molar-refractivity contribution in [1.82, 2.24) is 0 Å². The Morgan fingerprint density at radius 2 is 1.82 bits per heavy atom. The van der Waals surface area contributed by atoms with Gasteiger partial charge in [0.25, 0.3) is 0 Å². The van der Waals surface area contributed by atoms with E-state index in [2.05, 4.69) is 40.7 Å². The van der Waals surface area contributed by atoms with E-state index in [1.165, 1.54) is 18.4 Å². The lowest BCUT2D eigenvalue weighted by Gasteiger charge is -2.10. The first kappa shape index (κ1) is 10.7. The van der Waals surface area contributed by atoms with E-state index in [0.29, 0.717) is 0 Å². The van der Waals surface area contributed by atoms with Crippen LogP contribution >= 0.6 is 0 Å². The Kier molecular flexibility index (Phi) is 5.27. The summed E-state index contributed by atoms with van der Waals surface area (Å²) in [5, 5.41) is 0. The molecule has 0 aromatic heterocycles. The van der Waals surface area contributed by atoms with Gasteiger partial charge in [-0.25, -0.2) is 0 Å². The largest absolute Gasteiger partial charge is 0.0828 e. The smallest absolute Gasteiger partial charge is 0.0257 e. The highest BCUT2D eigenvalue weighted by atomic mass is 14.1. The van der Waals surface area contributed by atoms with Crippen molar-refractivity contribution in [2.45, 2.75) is 47.5 Å². The van der Waals surface area contributed by atoms with Gasteiger partial charge in [-0.1, -0.05) is 39.3 Å². The predicted molar refractivity (Wildman–Crippen MR) is 52.7 cm³/mol. The van der Waals surface area contributed by atoms with Gasteiger partial charge in [0.1, 0.15) is 0 Å². The second-order valence-corrected chi connectivity index (χ2v) is 3.97. The highest BCUT2D eigenvalue weighted by molar-refractivity contribution is 4.99. The van der Waals surface area contributed by atoms with E-state index in [1.54, 1.807) is 0 Å². The average molecular weight is 154 g/mol. The molecule has 0 aliphatic heterocycles. The molecule has 0 saturated carbocycles. The van der Waals surface area contributed by atoms with Gasteiger partial charge in [0.05, 0.1) is 0 Å². The first-order valence-corrected chi connectivity index (χ1v) is 4.73. The third-order valence-electron chi connectivity index (χ3n) is 1.97. The van der Waals surface area contributed by atoms with E-state index < -0.39 is 0 Å². The minimum Gasteiger partial charge on any atom is -0.0828 e. The van der Waals surface area contributed by atoms with Gasteiger partial charge in [0.2, 0.25) is 0 Å². The van der Waals surface area contributed by atoms with E-state index in [9.17, 15) is 0 Å². The number of allylic oxidation sites excluding steroid dienone is 2. The Labute approximate surface area is 71.7 Å². The molecular weight excluding hydrogens is 132 g/mol. The molecule has 1 atom stereocenters. The highest BCUT2D eigenvalue weighted by Crippen LogP contribution is 2.14. The van der Waals surface area contributed by atoms with Crippen molar-refractivity contribution >= 4 is 0 Å². The zero-order valence-electron chi connectivity index (χ0n) is 8.65. The lowest BCUT2D eigenvalue weighted by Crippen LogP contribution is -1.97. The normalized spacial score (nSPS) is 15.6. The molecule has 0 aromatic rings. The van der Waals surface area contributed by atoms with Gasteiger partial charge in [-0.3, -0.25) is 0 Å². The SMILES string of the molecule is CC/C(C)=C/[C@@H](C)CC(C)C. The van der Waals surface area contributed by atoms with Crippen LogP contribution in [-0.2, 0) is 0 Å². The fourth-order valence-corrected chi connectivity index (χ4v) is 1.42. The maximum absolute atomic E-state index is 2.40. The fourth-order valence-electron chi connectivity index (χ4n) is 1.42. The summed E-state index contributed by atoms with van der Waals surface area (Å²) in [5.41, 5.74) is 1.53. The van der Waals surface area contributed by atoms with Crippen LogP contribution in [0.2, 0.25) is 0 Å². The quantitative estimate of drug-likeness (QED) is 0.536. The van der Waals surface area contributed by atoms with Gasteiger partial charge >= 0.3 is 0 Å². The molecule has 0 rings (SSSR count). The minimum atomic E-state index is 0.759. The maximum atomic E-state index is 2.40. The molecule has 11 heavy (non-hydrogen) atoms. The van der Waals surface area contributed by atoms with Gasteiger partial charge in [0, 0.05) is 0 Å². The van der Waals surface area contributed by atoms with E-state index in [4.69, 9.17) is 0 Å². The number of hydrogen-bond donors (Lipinski definition) is 0. The van der Waals surface area contributed by atoms with Crippen molar-refractivity contribution in [3.63, 3.8) is 0 Å². The van der Waals surface area contributed by atoms with Crippen LogP contribution in [-0.4, -0.2) is 0 Å². The van der Waals surface area contributed by atoms with Crippen LogP contribution in [0.1, 0.15) is 47.5 Å². The Hall–Kier alpha value is -0.260. The van der Waals surface area contributed by atoms with Crippen LogP contribution in [0.25, 0.3) is 0 Å². The van der Waals surface area contributed by atoms with Gasteiger partial charge in [0.15, 0.2) is 0 Å². The van der Waals surface area contributed by atoms with E-state index in [0.717, 1.165) is 11.8 Å². The Morgan fingerprint density at radius 1 is 1.27 bits per heavy atom. The number of hydrogen-bond acceptors (Lipinski definition) is 0. The van der Waals surface area contributed by atoms with Crippen LogP contribution in [0.3, 0.4) is 0 Å². The molecular formula is C11H22. The molecule has 0 aliphatic rings. The summed E-state index contributed by atoms with van der Waals surface area (Å²) in [7, 11) is 0. The minimum absolute atomic E-state index is 0.759. The summed E-state index contributed by atoms with van der Waals surface area (Å²) < 4.78 is 0. The maximum Gasteiger partial charge on any atom is -0.0257 e. The van der Waals surface area contributed by atoms with E-state index >= 15 is 0 Å². The zero-order chi connectivity index (χ0) is 8.85. The predicted octanol–water partition coefficient (Wildman–Crippen LogP) is 4.02. The van der Waals surface area contributed by atoms with Crippen LogP contribution in [0.5, 0.6) is 0 Å². The molecule has 0 aromatic carbocycles.